The van der Waals surface area contributed by atoms with E-state index >= 15 is 0 Å². The van der Waals surface area contributed by atoms with Crippen LogP contribution in [0, 0.1) is 0 Å². The second-order valence-electron chi connectivity index (χ2n) is 5.90. The van der Waals surface area contributed by atoms with Gasteiger partial charge >= 0.3 is 0 Å². The van der Waals surface area contributed by atoms with E-state index in [9.17, 15) is 0 Å². The molecule has 0 spiro atoms. The van der Waals surface area contributed by atoms with Crippen molar-refractivity contribution < 1.29 is 14.2 Å². The summed E-state index contributed by atoms with van der Waals surface area (Å²) in [7, 11) is 0. The van der Waals surface area contributed by atoms with E-state index in [0.29, 0.717) is 12.6 Å². The zero-order valence-corrected chi connectivity index (χ0v) is 13.1. The van der Waals surface area contributed by atoms with Gasteiger partial charge in [0.15, 0.2) is 11.5 Å². The average molecular weight is 311 g/mol. The zero-order chi connectivity index (χ0) is 15.5. The van der Waals surface area contributed by atoms with Gasteiger partial charge in [0, 0.05) is 36.6 Å². The number of rotatable bonds is 3. The van der Waals surface area contributed by atoms with Gasteiger partial charge in [-0.15, -0.1) is 0 Å². The van der Waals surface area contributed by atoms with E-state index < -0.39 is 0 Å². The smallest absolute Gasteiger partial charge is 0.165 e. The molecule has 4 heteroatoms. The molecular weight excluding hydrogens is 290 g/mol. The Morgan fingerprint density at radius 1 is 0.870 bits per heavy atom. The van der Waals surface area contributed by atoms with Crippen LogP contribution in [0.3, 0.4) is 0 Å². The van der Waals surface area contributed by atoms with Crippen molar-refractivity contribution >= 4 is 0 Å². The standard InChI is InChI=1S/C19H21NO3/c1-2-7-17-15(6-1)16(9-12-22-17)20-13-14-5-3-8-18-19(14)23-11-4-10-21-18/h1-3,5-8,16,20H,4,9-13H2/t16-/m1/s1. The molecule has 0 fully saturated rings. The third-order valence-electron chi connectivity index (χ3n) is 4.35. The van der Waals surface area contributed by atoms with Crippen molar-refractivity contribution in [2.45, 2.75) is 25.4 Å². The molecule has 2 aliphatic heterocycles. The summed E-state index contributed by atoms with van der Waals surface area (Å²) in [4.78, 5) is 0. The molecular formula is C19H21NO3. The van der Waals surface area contributed by atoms with E-state index in [-0.39, 0.29) is 0 Å². The van der Waals surface area contributed by atoms with Crippen molar-refractivity contribution in [2.24, 2.45) is 0 Å². The summed E-state index contributed by atoms with van der Waals surface area (Å²) in [6.07, 6.45) is 1.90. The van der Waals surface area contributed by atoms with E-state index in [2.05, 4.69) is 23.5 Å². The minimum absolute atomic E-state index is 0.308. The molecule has 0 bridgehead atoms. The second kappa shape index (κ2) is 6.50. The first-order valence-electron chi connectivity index (χ1n) is 8.24. The highest BCUT2D eigenvalue weighted by Crippen LogP contribution is 2.35. The molecule has 2 aromatic carbocycles. The van der Waals surface area contributed by atoms with Gasteiger partial charge in [-0.05, 0) is 12.1 Å². The Balaban J connectivity index is 1.52. The summed E-state index contributed by atoms with van der Waals surface area (Å²) in [5.41, 5.74) is 2.38. The van der Waals surface area contributed by atoms with E-state index in [1.165, 1.54) is 5.56 Å². The molecule has 23 heavy (non-hydrogen) atoms. The maximum Gasteiger partial charge on any atom is 0.165 e. The van der Waals surface area contributed by atoms with Crippen molar-refractivity contribution in [1.29, 1.82) is 0 Å². The highest BCUT2D eigenvalue weighted by atomic mass is 16.5. The predicted octanol–water partition coefficient (Wildman–Crippen LogP) is 3.46. The van der Waals surface area contributed by atoms with Crippen molar-refractivity contribution in [3.63, 3.8) is 0 Å². The Bertz CT molecular complexity index is 686. The molecule has 0 radical (unpaired) electrons. The topological polar surface area (TPSA) is 39.7 Å². The number of ether oxygens (including phenoxy) is 3. The number of benzene rings is 2. The van der Waals surface area contributed by atoms with E-state index in [1.54, 1.807) is 0 Å². The molecule has 4 nitrogen and oxygen atoms in total. The molecule has 0 aromatic heterocycles. The lowest BCUT2D eigenvalue weighted by molar-refractivity contribution is 0.251. The van der Waals surface area contributed by atoms with E-state index in [4.69, 9.17) is 14.2 Å². The summed E-state index contributed by atoms with van der Waals surface area (Å²) >= 11 is 0. The van der Waals surface area contributed by atoms with Gasteiger partial charge in [-0.25, -0.2) is 0 Å². The van der Waals surface area contributed by atoms with Crippen LogP contribution in [0.15, 0.2) is 42.5 Å². The highest BCUT2D eigenvalue weighted by Gasteiger charge is 2.21. The lowest BCUT2D eigenvalue weighted by Gasteiger charge is -2.27. The number of hydrogen-bond donors (Lipinski definition) is 1. The first-order chi connectivity index (χ1) is 11.4. The highest BCUT2D eigenvalue weighted by molar-refractivity contribution is 5.47. The van der Waals surface area contributed by atoms with Crippen LogP contribution in [0.25, 0.3) is 0 Å². The van der Waals surface area contributed by atoms with Crippen LogP contribution >= 0.6 is 0 Å². The van der Waals surface area contributed by atoms with Crippen molar-refractivity contribution in [3.05, 3.63) is 53.6 Å². The quantitative estimate of drug-likeness (QED) is 0.942. The average Bonchev–Trinajstić information content (AvgIpc) is 2.85. The van der Waals surface area contributed by atoms with Gasteiger partial charge in [-0.2, -0.15) is 0 Å². The van der Waals surface area contributed by atoms with Crippen LogP contribution in [0.2, 0.25) is 0 Å². The molecule has 0 unspecified atom stereocenters. The minimum Gasteiger partial charge on any atom is -0.493 e. The van der Waals surface area contributed by atoms with E-state index in [1.807, 2.05) is 24.3 Å². The molecule has 120 valence electrons. The summed E-state index contributed by atoms with van der Waals surface area (Å²) < 4.78 is 17.4. The number of nitrogens with one attached hydrogen (secondary N) is 1. The molecule has 0 amide bonds. The second-order valence-corrected chi connectivity index (χ2v) is 5.90. The number of hydrogen-bond acceptors (Lipinski definition) is 4. The van der Waals surface area contributed by atoms with Crippen LogP contribution in [0.4, 0.5) is 0 Å². The molecule has 2 heterocycles. The first kappa shape index (κ1) is 14.4. The Hall–Kier alpha value is -2.20. The van der Waals surface area contributed by atoms with Gasteiger partial charge < -0.3 is 19.5 Å². The summed E-state index contributed by atoms with van der Waals surface area (Å²) in [6, 6.07) is 14.7. The third-order valence-corrected chi connectivity index (χ3v) is 4.35. The molecule has 0 aliphatic carbocycles. The van der Waals surface area contributed by atoms with Gasteiger partial charge in [-0.1, -0.05) is 30.3 Å². The van der Waals surface area contributed by atoms with Crippen molar-refractivity contribution in [1.82, 2.24) is 5.32 Å². The van der Waals surface area contributed by atoms with Gasteiger partial charge in [0.05, 0.1) is 19.8 Å². The maximum atomic E-state index is 5.90. The fourth-order valence-electron chi connectivity index (χ4n) is 3.18. The summed E-state index contributed by atoms with van der Waals surface area (Å²) in [5.74, 6) is 2.73. The molecule has 1 atom stereocenters. The molecule has 1 N–H and O–H groups in total. The van der Waals surface area contributed by atoms with Crippen molar-refractivity contribution in [3.8, 4) is 17.2 Å². The van der Waals surface area contributed by atoms with Gasteiger partial charge in [-0.3, -0.25) is 0 Å². The third kappa shape index (κ3) is 2.99. The Labute approximate surface area is 136 Å². The SMILES string of the molecule is c1ccc2c(c1)OCC[C@H]2NCc1cccc2c1OCCCO2. The molecule has 2 aromatic rings. The number of fused-ring (bicyclic) bond motifs is 2. The molecule has 4 rings (SSSR count). The van der Waals surface area contributed by atoms with Crippen LogP contribution in [0.5, 0.6) is 17.2 Å². The zero-order valence-electron chi connectivity index (χ0n) is 13.1. The van der Waals surface area contributed by atoms with Crippen molar-refractivity contribution in [2.75, 3.05) is 19.8 Å². The predicted molar refractivity (Wildman–Crippen MR) is 88.2 cm³/mol. The van der Waals surface area contributed by atoms with E-state index in [0.717, 1.165) is 55.4 Å². The lowest BCUT2D eigenvalue weighted by atomic mass is 10.00. The fraction of sp³-hybridized carbons (Fsp3) is 0.368. The molecule has 0 saturated carbocycles. The molecule has 2 aliphatic rings. The Kier molecular flexibility index (Phi) is 4.07. The largest absolute Gasteiger partial charge is 0.493 e. The van der Waals surface area contributed by atoms with Gasteiger partial charge in [0.1, 0.15) is 5.75 Å². The van der Waals surface area contributed by atoms with Crippen LogP contribution in [-0.4, -0.2) is 19.8 Å². The van der Waals surface area contributed by atoms with Crippen LogP contribution < -0.4 is 19.5 Å². The van der Waals surface area contributed by atoms with Crippen LogP contribution in [0.1, 0.15) is 30.0 Å². The Morgan fingerprint density at radius 3 is 2.70 bits per heavy atom. The summed E-state index contributed by atoms with van der Waals surface area (Å²) in [6.45, 7) is 2.94. The van der Waals surface area contributed by atoms with Crippen LogP contribution in [-0.2, 0) is 6.54 Å². The molecule has 0 saturated heterocycles. The monoisotopic (exact) mass is 311 g/mol. The lowest BCUT2D eigenvalue weighted by Crippen LogP contribution is -2.26. The fourth-order valence-corrected chi connectivity index (χ4v) is 3.18. The summed E-state index contributed by atoms with van der Waals surface area (Å²) in [5, 5.41) is 3.65. The first-order valence-corrected chi connectivity index (χ1v) is 8.24. The maximum absolute atomic E-state index is 5.90. The van der Waals surface area contributed by atoms with Gasteiger partial charge in [0.2, 0.25) is 0 Å². The minimum atomic E-state index is 0.308. The van der Waals surface area contributed by atoms with Gasteiger partial charge in [0.25, 0.3) is 0 Å². The normalized spacial score (nSPS) is 19.4. The Morgan fingerprint density at radius 2 is 1.70 bits per heavy atom. The number of para-hydroxylation sites is 2.